The fraction of sp³-hybridized carbons (Fsp3) is 0. The molecule has 0 spiro atoms. The smallest absolute Gasteiger partial charge is 0.143 e. The van der Waals surface area contributed by atoms with E-state index in [9.17, 15) is 0 Å². The molecule has 0 radical (unpaired) electrons. The van der Waals surface area contributed by atoms with E-state index in [1.54, 1.807) is 0 Å². The van der Waals surface area contributed by atoms with Gasteiger partial charge in [-0.25, -0.2) is 0 Å². The van der Waals surface area contributed by atoms with Gasteiger partial charge in [0.15, 0.2) is 0 Å². The van der Waals surface area contributed by atoms with Gasteiger partial charge in [0.05, 0.1) is 0 Å². The summed E-state index contributed by atoms with van der Waals surface area (Å²) < 4.78 is 6.94. The van der Waals surface area contributed by atoms with Crippen LogP contribution in [0.5, 0.6) is 0 Å². The van der Waals surface area contributed by atoms with Gasteiger partial charge < -0.3 is 4.42 Å². The summed E-state index contributed by atoms with van der Waals surface area (Å²) in [4.78, 5) is 0. The van der Waals surface area contributed by atoms with Crippen molar-refractivity contribution in [2.24, 2.45) is 0 Å². The maximum atomic E-state index is 6.94. The van der Waals surface area contributed by atoms with E-state index in [0.29, 0.717) is 0 Å². The van der Waals surface area contributed by atoms with Crippen LogP contribution < -0.4 is 81.9 Å². The first kappa shape index (κ1) is 36.8. The highest BCUT2D eigenvalue weighted by Crippen LogP contribution is 2.41. The fourth-order valence-electron chi connectivity index (χ4n) is 9.88. The lowest BCUT2D eigenvalue weighted by molar-refractivity contribution is 0.675. The van der Waals surface area contributed by atoms with Crippen LogP contribution in [0.3, 0.4) is 0 Å². The summed E-state index contributed by atoms with van der Waals surface area (Å²) >= 11 is 0. The molecule has 0 saturated carbocycles. The number of fused-ring (bicyclic) bond motifs is 5. The minimum Gasteiger partial charge on any atom is -0.457 e. The molecule has 0 N–H and O–H groups in total. The Kier molecular flexibility index (Phi) is 8.83. The summed E-state index contributed by atoms with van der Waals surface area (Å²) in [6, 6.07) is 20.1. The molecular formula is C38H39B15O. The van der Waals surface area contributed by atoms with E-state index in [2.05, 4.69) is 172 Å². The van der Waals surface area contributed by atoms with E-state index >= 15 is 0 Å². The molecule has 8 aromatic rings. The van der Waals surface area contributed by atoms with Crippen molar-refractivity contribution in [3.8, 4) is 33.4 Å². The van der Waals surface area contributed by atoms with Gasteiger partial charge in [-0.15, -0.1) is 27.3 Å². The topological polar surface area (TPSA) is 13.1 Å². The van der Waals surface area contributed by atoms with Crippen molar-refractivity contribution >= 4 is 243 Å². The number of hydrogen-bond acceptors (Lipinski definition) is 1. The monoisotopic (exact) mass is 676 g/mol. The quantitative estimate of drug-likeness (QED) is 0.134. The minimum absolute atomic E-state index is 1.03. The Morgan fingerprint density at radius 1 is 0.259 bits per heavy atom. The molecule has 0 aliphatic carbocycles. The van der Waals surface area contributed by atoms with Crippen LogP contribution in [0.15, 0.2) is 59.0 Å². The van der Waals surface area contributed by atoms with Crippen LogP contribution in [-0.4, -0.2) is 118 Å². The molecule has 0 aliphatic heterocycles. The molecule has 0 bridgehead atoms. The molecule has 0 saturated heterocycles. The van der Waals surface area contributed by atoms with Crippen LogP contribution in [0, 0.1) is 0 Å². The zero-order valence-corrected chi connectivity index (χ0v) is 35.1. The molecule has 0 amide bonds. The predicted octanol–water partition coefficient (Wildman–Crippen LogP) is -15.2. The van der Waals surface area contributed by atoms with Gasteiger partial charge in [-0.1, -0.05) is 103 Å². The number of hydrogen-bond donors (Lipinski definition) is 0. The van der Waals surface area contributed by atoms with E-state index in [-0.39, 0.29) is 0 Å². The van der Waals surface area contributed by atoms with E-state index in [1.165, 1.54) is 148 Å². The van der Waals surface area contributed by atoms with Crippen LogP contribution in [0.1, 0.15) is 0 Å². The Labute approximate surface area is 333 Å². The first-order chi connectivity index (χ1) is 25.6. The van der Waals surface area contributed by atoms with Crippen molar-refractivity contribution in [3.05, 3.63) is 54.6 Å². The lowest BCUT2D eigenvalue weighted by Crippen LogP contribution is -2.50. The Balaban J connectivity index is 1.68. The molecule has 54 heavy (non-hydrogen) atoms. The highest BCUT2D eigenvalue weighted by Gasteiger charge is 2.29. The Bertz CT molecular complexity index is 2910. The third kappa shape index (κ3) is 4.93. The molecule has 0 aliphatic rings. The summed E-state index contributed by atoms with van der Waals surface area (Å²) in [5.41, 5.74) is 30.0. The third-order valence-electron chi connectivity index (χ3n) is 14.2. The first-order valence-electron chi connectivity index (χ1n) is 19.6. The largest absolute Gasteiger partial charge is 0.457 e. The molecule has 1 nitrogen and oxygen atoms in total. The van der Waals surface area contributed by atoms with Crippen LogP contribution in [0.2, 0.25) is 0 Å². The van der Waals surface area contributed by atoms with Crippen molar-refractivity contribution in [2.75, 3.05) is 0 Å². The van der Waals surface area contributed by atoms with Crippen LogP contribution in [0.4, 0.5) is 0 Å². The molecule has 1 heterocycles. The Morgan fingerprint density at radius 3 is 1.13 bits per heavy atom. The lowest BCUT2D eigenvalue weighted by Gasteiger charge is -2.30. The third-order valence-corrected chi connectivity index (χ3v) is 14.2. The molecule has 16 heteroatoms. The zero-order chi connectivity index (χ0) is 38.8. The standard InChI is InChI=1S/C38H39B15O/c39-22-19(27(44)35(52)37-20(22)21-28(45)33(50)34(51)36(53)38(21)54-37)14-17-15(23(40)29(46)31(48)25(17)42)13(16-18(14)26(43)32(49)30(47)24(16)41)12-8-4-7-11(9-12)10-5-2-1-3-6-10/h1-9H,39-53H2. The van der Waals surface area contributed by atoms with Gasteiger partial charge in [0.1, 0.15) is 129 Å². The molecule has 8 rings (SSSR count). The number of benzene rings is 7. The summed E-state index contributed by atoms with van der Waals surface area (Å²) in [5.74, 6) is 0. The van der Waals surface area contributed by atoms with E-state index in [0.717, 1.165) is 11.2 Å². The van der Waals surface area contributed by atoms with Gasteiger partial charge in [0, 0.05) is 10.8 Å². The van der Waals surface area contributed by atoms with Gasteiger partial charge in [-0.05, 0) is 61.0 Å². The van der Waals surface area contributed by atoms with Crippen LogP contribution in [0.25, 0.3) is 76.9 Å². The van der Waals surface area contributed by atoms with Crippen LogP contribution in [-0.2, 0) is 0 Å². The second-order valence-electron chi connectivity index (χ2n) is 16.5. The van der Waals surface area contributed by atoms with Crippen molar-refractivity contribution < 1.29 is 4.42 Å². The second kappa shape index (κ2) is 13.0. The number of furan rings is 1. The normalized spacial score (nSPS) is 11.7. The van der Waals surface area contributed by atoms with Crippen molar-refractivity contribution in [1.29, 1.82) is 0 Å². The molecule has 0 atom stereocenters. The summed E-state index contributed by atoms with van der Waals surface area (Å²) in [5, 5.41) is 8.06. The molecular weight excluding hydrogens is 635 g/mol. The average molecular weight is 674 g/mol. The van der Waals surface area contributed by atoms with E-state index in [4.69, 9.17) is 4.42 Å². The predicted molar refractivity (Wildman–Crippen MR) is 288 cm³/mol. The van der Waals surface area contributed by atoms with Crippen molar-refractivity contribution in [1.82, 2.24) is 0 Å². The summed E-state index contributed by atoms with van der Waals surface area (Å²) in [6.07, 6.45) is 0. The molecule has 7 aromatic carbocycles. The maximum Gasteiger partial charge on any atom is 0.143 e. The molecule has 1 aromatic heterocycles. The van der Waals surface area contributed by atoms with E-state index in [1.807, 2.05) is 0 Å². The lowest BCUT2D eigenvalue weighted by atomic mass is 9.58. The molecule has 0 unspecified atom stereocenters. The van der Waals surface area contributed by atoms with E-state index < -0.39 is 0 Å². The average Bonchev–Trinajstić information content (AvgIpc) is 3.59. The van der Waals surface area contributed by atoms with Crippen LogP contribution >= 0.6 is 0 Å². The highest BCUT2D eigenvalue weighted by molar-refractivity contribution is 6.73. The van der Waals surface area contributed by atoms with Crippen molar-refractivity contribution in [2.45, 2.75) is 0 Å². The van der Waals surface area contributed by atoms with Gasteiger partial charge in [0.25, 0.3) is 0 Å². The molecule has 242 valence electrons. The summed E-state index contributed by atoms with van der Waals surface area (Å²) in [6.45, 7) is 0. The fourth-order valence-corrected chi connectivity index (χ4v) is 9.88. The summed E-state index contributed by atoms with van der Waals surface area (Å²) in [7, 11) is 34.8. The maximum absolute atomic E-state index is 6.94. The van der Waals surface area contributed by atoms with Crippen molar-refractivity contribution in [3.63, 3.8) is 0 Å². The van der Waals surface area contributed by atoms with Gasteiger partial charge in [-0.2, -0.15) is 0 Å². The Morgan fingerprint density at radius 2 is 0.630 bits per heavy atom. The minimum atomic E-state index is 1.03. The molecule has 0 fully saturated rings. The van der Waals surface area contributed by atoms with Gasteiger partial charge in [0.2, 0.25) is 0 Å². The Hall–Kier alpha value is -4.17. The SMILES string of the molecule is Bc1c(B)c(B)c2c(oc3c(B)c(B)c(-c4c5c(B)c(B)c(B)c(B)c5c(-c5cccc(-c6ccccc6)c5)c5c(B)c(B)c(B)c(B)c45)c(B)c32)c1B. The zero-order valence-electron chi connectivity index (χ0n) is 35.1. The van der Waals surface area contributed by atoms with Gasteiger partial charge in [-0.3, -0.25) is 0 Å². The first-order valence-corrected chi connectivity index (χ1v) is 19.6. The van der Waals surface area contributed by atoms with Gasteiger partial charge >= 0.3 is 0 Å². The second-order valence-corrected chi connectivity index (χ2v) is 16.5. The number of rotatable bonds is 3. The highest BCUT2D eigenvalue weighted by atomic mass is 16.3.